The Morgan fingerprint density at radius 1 is 1.04 bits per heavy atom. The molecule has 0 bridgehead atoms. The molecule has 132 valence electrons. The van der Waals surface area contributed by atoms with Gasteiger partial charge in [-0.25, -0.2) is 4.79 Å². The molecule has 0 aliphatic heterocycles. The van der Waals surface area contributed by atoms with Crippen LogP contribution in [0.4, 0.5) is 4.79 Å². The van der Waals surface area contributed by atoms with Crippen molar-refractivity contribution >= 4 is 24.0 Å². The number of esters is 1. The molecule has 23 heavy (non-hydrogen) atoms. The molecule has 0 fully saturated rings. The molecular formula is C14H23NO8. The number of carbonyl (C=O) groups excluding carboxylic acids is 2. The maximum Gasteiger partial charge on any atom is 0.407 e. The van der Waals surface area contributed by atoms with Crippen LogP contribution in [0.25, 0.3) is 0 Å². The normalized spacial score (nSPS) is 11.3. The predicted molar refractivity (Wildman–Crippen MR) is 77.8 cm³/mol. The molecule has 0 aromatic rings. The second-order valence-corrected chi connectivity index (χ2v) is 4.73. The van der Waals surface area contributed by atoms with Crippen LogP contribution in [-0.2, 0) is 23.9 Å². The van der Waals surface area contributed by atoms with E-state index in [4.69, 9.17) is 14.9 Å². The van der Waals surface area contributed by atoms with E-state index in [9.17, 15) is 19.2 Å². The summed E-state index contributed by atoms with van der Waals surface area (Å²) in [6.07, 6.45) is -0.244. The first-order chi connectivity index (χ1) is 10.9. The minimum atomic E-state index is -1.07. The zero-order valence-corrected chi connectivity index (χ0v) is 13.1. The highest BCUT2D eigenvalue weighted by molar-refractivity contribution is 5.72. The molecule has 0 aliphatic carbocycles. The van der Waals surface area contributed by atoms with Gasteiger partial charge in [0.1, 0.15) is 6.61 Å². The van der Waals surface area contributed by atoms with Crippen molar-refractivity contribution in [3.8, 4) is 0 Å². The average Bonchev–Trinajstić information content (AvgIpc) is 2.46. The van der Waals surface area contributed by atoms with Crippen molar-refractivity contribution in [3.63, 3.8) is 0 Å². The molecule has 1 unspecified atom stereocenters. The highest BCUT2D eigenvalue weighted by atomic mass is 16.6. The number of aliphatic carboxylic acids is 2. The van der Waals surface area contributed by atoms with Crippen LogP contribution < -0.4 is 5.32 Å². The minimum Gasteiger partial charge on any atom is -0.481 e. The van der Waals surface area contributed by atoms with Gasteiger partial charge < -0.3 is 25.0 Å². The average molecular weight is 333 g/mol. The second kappa shape index (κ2) is 12.2. The fraction of sp³-hybridized carbons (Fsp3) is 0.714. The van der Waals surface area contributed by atoms with Crippen LogP contribution in [0.1, 0.15) is 39.0 Å². The van der Waals surface area contributed by atoms with Crippen molar-refractivity contribution in [2.45, 2.75) is 39.0 Å². The molecule has 0 spiro atoms. The molecule has 9 heteroatoms. The molecule has 0 radical (unpaired) electrons. The van der Waals surface area contributed by atoms with Crippen molar-refractivity contribution in [1.29, 1.82) is 0 Å². The van der Waals surface area contributed by atoms with Gasteiger partial charge in [0, 0.05) is 12.8 Å². The van der Waals surface area contributed by atoms with Crippen molar-refractivity contribution in [2.75, 3.05) is 19.8 Å². The molecule has 0 saturated heterocycles. The maximum absolute atomic E-state index is 11.4. The predicted octanol–water partition coefficient (Wildman–Crippen LogP) is 1.01. The Kier molecular flexibility index (Phi) is 11.0. The molecular weight excluding hydrogens is 310 g/mol. The molecule has 0 heterocycles. The summed E-state index contributed by atoms with van der Waals surface area (Å²) in [5.74, 6) is -3.41. The highest BCUT2D eigenvalue weighted by Gasteiger charge is 2.19. The lowest BCUT2D eigenvalue weighted by molar-refractivity contribution is -0.146. The van der Waals surface area contributed by atoms with Crippen LogP contribution in [0.2, 0.25) is 0 Å². The number of ether oxygens (including phenoxy) is 2. The Morgan fingerprint density at radius 2 is 1.74 bits per heavy atom. The van der Waals surface area contributed by atoms with Gasteiger partial charge in [-0.05, 0) is 26.2 Å². The molecule has 0 aromatic carbocycles. The zero-order valence-electron chi connectivity index (χ0n) is 13.1. The Balaban J connectivity index is 3.80. The van der Waals surface area contributed by atoms with E-state index in [-0.39, 0.29) is 45.4 Å². The summed E-state index contributed by atoms with van der Waals surface area (Å²) in [5.41, 5.74) is 0. The van der Waals surface area contributed by atoms with Gasteiger partial charge in [0.05, 0.1) is 19.1 Å². The summed E-state index contributed by atoms with van der Waals surface area (Å²) in [7, 11) is 0. The Labute approximate surface area is 133 Å². The highest BCUT2D eigenvalue weighted by Crippen LogP contribution is 2.15. The fourth-order valence-electron chi connectivity index (χ4n) is 1.75. The lowest BCUT2D eigenvalue weighted by Gasteiger charge is -2.10. The van der Waals surface area contributed by atoms with Gasteiger partial charge >= 0.3 is 24.0 Å². The van der Waals surface area contributed by atoms with Crippen LogP contribution in [0.15, 0.2) is 0 Å². The van der Waals surface area contributed by atoms with Crippen LogP contribution in [-0.4, -0.2) is 54.0 Å². The molecule has 1 atom stereocenters. The molecule has 1 amide bonds. The van der Waals surface area contributed by atoms with Crippen LogP contribution in [0, 0.1) is 5.92 Å². The van der Waals surface area contributed by atoms with E-state index in [0.29, 0.717) is 6.42 Å². The van der Waals surface area contributed by atoms with Gasteiger partial charge in [-0.3, -0.25) is 14.4 Å². The van der Waals surface area contributed by atoms with Crippen molar-refractivity contribution < 1.29 is 38.9 Å². The van der Waals surface area contributed by atoms with Gasteiger partial charge in [0.2, 0.25) is 0 Å². The molecule has 0 saturated carbocycles. The van der Waals surface area contributed by atoms with Crippen molar-refractivity contribution in [2.24, 2.45) is 5.92 Å². The first-order valence-electron chi connectivity index (χ1n) is 7.37. The first kappa shape index (κ1) is 20.7. The number of alkyl carbamates (subject to hydrolysis) is 1. The Morgan fingerprint density at radius 3 is 2.30 bits per heavy atom. The summed E-state index contributed by atoms with van der Waals surface area (Å²) in [6, 6.07) is 0. The van der Waals surface area contributed by atoms with E-state index in [1.54, 1.807) is 6.92 Å². The number of carboxylic acids is 2. The van der Waals surface area contributed by atoms with Crippen LogP contribution >= 0.6 is 0 Å². The second-order valence-electron chi connectivity index (χ2n) is 4.73. The molecule has 0 aromatic heterocycles. The lowest BCUT2D eigenvalue weighted by atomic mass is 9.97. The number of rotatable bonds is 12. The topological polar surface area (TPSA) is 139 Å². The van der Waals surface area contributed by atoms with Gasteiger partial charge in [0.25, 0.3) is 0 Å². The Hall–Kier alpha value is -2.32. The maximum atomic E-state index is 11.4. The van der Waals surface area contributed by atoms with E-state index < -0.39 is 29.9 Å². The number of carboxylic acid groups (broad SMARTS) is 2. The van der Waals surface area contributed by atoms with E-state index in [1.807, 2.05) is 0 Å². The third-order valence-corrected chi connectivity index (χ3v) is 2.90. The largest absolute Gasteiger partial charge is 0.481 e. The van der Waals surface area contributed by atoms with Gasteiger partial charge in [-0.2, -0.15) is 0 Å². The first-order valence-corrected chi connectivity index (χ1v) is 7.37. The van der Waals surface area contributed by atoms with E-state index in [0.717, 1.165) is 0 Å². The molecule has 3 N–H and O–H groups in total. The summed E-state index contributed by atoms with van der Waals surface area (Å²) in [4.78, 5) is 43.8. The molecule has 0 rings (SSSR count). The van der Waals surface area contributed by atoms with E-state index in [1.165, 1.54) is 0 Å². The lowest BCUT2D eigenvalue weighted by Crippen LogP contribution is -2.28. The van der Waals surface area contributed by atoms with Gasteiger partial charge in [0.15, 0.2) is 0 Å². The van der Waals surface area contributed by atoms with Gasteiger partial charge in [-0.15, -0.1) is 0 Å². The number of nitrogens with one attached hydrogen (secondary N) is 1. The quantitative estimate of drug-likeness (QED) is 0.355. The summed E-state index contributed by atoms with van der Waals surface area (Å²) < 4.78 is 9.47. The number of hydrogen-bond donors (Lipinski definition) is 3. The molecule has 9 nitrogen and oxygen atoms in total. The van der Waals surface area contributed by atoms with Gasteiger partial charge in [-0.1, -0.05) is 0 Å². The summed E-state index contributed by atoms with van der Waals surface area (Å²) in [5, 5.41) is 19.9. The zero-order chi connectivity index (χ0) is 17.7. The fourth-order valence-corrected chi connectivity index (χ4v) is 1.75. The summed E-state index contributed by atoms with van der Waals surface area (Å²) >= 11 is 0. The standard InChI is InChI=1S/C14H23NO8/c1-2-22-14(21)15-8-9-23-12(18)5-3-4-10(13(19)20)6-7-11(16)17/h10H,2-9H2,1H3,(H,15,21)(H,16,17)(H,19,20). The van der Waals surface area contributed by atoms with Crippen LogP contribution in [0.5, 0.6) is 0 Å². The number of carbonyl (C=O) groups is 4. The third kappa shape index (κ3) is 12.0. The van der Waals surface area contributed by atoms with Crippen molar-refractivity contribution in [3.05, 3.63) is 0 Å². The minimum absolute atomic E-state index is 0.000971. The monoisotopic (exact) mass is 333 g/mol. The van der Waals surface area contributed by atoms with E-state index >= 15 is 0 Å². The van der Waals surface area contributed by atoms with Crippen molar-refractivity contribution in [1.82, 2.24) is 5.32 Å². The van der Waals surface area contributed by atoms with Crippen LogP contribution in [0.3, 0.4) is 0 Å². The SMILES string of the molecule is CCOC(=O)NCCOC(=O)CCCC(CCC(=O)O)C(=O)O. The summed E-state index contributed by atoms with van der Waals surface area (Å²) in [6.45, 7) is 2.04. The smallest absolute Gasteiger partial charge is 0.407 e. The van der Waals surface area contributed by atoms with E-state index in [2.05, 4.69) is 10.1 Å². The number of hydrogen-bond acceptors (Lipinski definition) is 6. The Bertz CT molecular complexity index is 410. The third-order valence-electron chi connectivity index (χ3n) is 2.90. The molecule has 0 aliphatic rings. The number of amides is 1.